The number of hydrogen-bond donors (Lipinski definition) is 1. The van der Waals surface area contributed by atoms with E-state index in [0.29, 0.717) is 6.04 Å². The van der Waals surface area contributed by atoms with Gasteiger partial charge in [-0.3, -0.25) is 0 Å². The van der Waals surface area contributed by atoms with Crippen molar-refractivity contribution in [2.24, 2.45) is 5.92 Å². The van der Waals surface area contributed by atoms with Crippen LogP contribution in [-0.4, -0.2) is 37.3 Å². The van der Waals surface area contributed by atoms with Gasteiger partial charge in [0.2, 0.25) is 0 Å². The molecule has 2 aliphatic heterocycles. The van der Waals surface area contributed by atoms with Crippen molar-refractivity contribution in [1.82, 2.24) is 5.32 Å². The molecule has 0 aromatic rings. The quantitative estimate of drug-likeness (QED) is 0.680. The molecule has 1 unspecified atom stereocenters. The van der Waals surface area contributed by atoms with E-state index < -0.39 is 0 Å². The Morgan fingerprint density at radius 1 is 1.45 bits per heavy atom. The smallest absolute Gasteiger partial charge is 0.0643 e. The van der Waals surface area contributed by atoms with Gasteiger partial charge >= 0.3 is 0 Å². The van der Waals surface area contributed by atoms with E-state index in [0.717, 1.165) is 19.1 Å². The molecule has 0 aromatic carbocycles. The number of ether oxygens (including phenoxy) is 1. The van der Waals surface area contributed by atoms with E-state index in [1.165, 1.54) is 24.5 Å². The second-order valence-electron chi connectivity index (χ2n) is 3.37. The van der Waals surface area contributed by atoms with Gasteiger partial charge in [-0.15, -0.1) is 0 Å². The maximum absolute atomic E-state index is 5.08. The van der Waals surface area contributed by atoms with Crippen LogP contribution in [0.4, 0.5) is 0 Å². The van der Waals surface area contributed by atoms with Gasteiger partial charge in [0.05, 0.1) is 19.3 Å². The van der Waals surface area contributed by atoms with Crippen molar-refractivity contribution >= 4 is 11.8 Å². The van der Waals surface area contributed by atoms with Crippen molar-refractivity contribution in [3.63, 3.8) is 0 Å². The first-order chi connectivity index (χ1) is 5.45. The third kappa shape index (κ3) is 2.10. The highest BCUT2D eigenvalue weighted by Gasteiger charge is 2.20. The first-order valence-electron chi connectivity index (χ1n) is 4.34. The lowest BCUT2D eigenvalue weighted by atomic mass is 10.1. The summed E-state index contributed by atoms with van der Waals surface area (Å²) in [5, 5.41) is 3.52. The molecule has 0 bridgehead atoms. The second kappa shape index (κ2) is 3.78. The molecule has 2 rings (SSSR count). The summed E-state index contributed by atoms with van der Waals surface area (Å²) in [7, 11) is 0. The van der Waals surface area contributed by atoms with Gasteiger partial charge in [-0.05, 0) is 30.4 Å². The third-order valence-electron chi connectivity index (χ3n) is 2.36. The van der Waals surface area contributed by atoms with Crippen LogP contribution < -0.4 is 5.32 Å². The molecule has 0 amide bonds. The van der Waals surface area contributed by atoms with E-state index in [9.17, 15) is 0 Å². The summed E-state index contributed by atoms with van der Waals surface area (Å²) in [5.74, 6) is 3.66. The molecule has 0 saturated carbocycles. The minimum atomic E-state index is 0.667. The van der Waals surface area contributed by atoms with Crippen LogP contribution in [0, 0.1) is 5.92 Å². The molecule has 1 N–H and O–H groups in total. The van der Waals surface area contributed by atoms with E-state index in [1.807, 2.05) is 0 Å². The monoisotopic (exact) mass is 173 g/mol. The van der Waals surface area contributed by atoms with Crippen LogP contribution in [0.1, 0.15) is 6.42 Å². The fraction of sp³-hybridized carbons (Fsp3) is 1.00. The van der Waals surface area contributed by atoms with E-state index in [2.05, 4.69) is 17.1 Å². The molecule has 0 aromatic heterocycles. The average molecular weight is 173 g/mol. The Hall–Kier alpha value is 0.270. The maximum Gasteiger partial charge on any atom is 0.0643 e. The SMILES string of the molecule is C1CC(CNC2COC2)CS1. The normalized spacial score (nSPS) is 32.2. The van der Waals surface area contributed by atoms with E-state index in [-0.39, 0.29) is 0 Å². The van der Waals surface area contributed by atoms with Gasteiger partial charge in [-0.2, -0.15) is 11.8 Å². The molecule has 2 saturated heterocycles. The van der Waals surface area contributed by atoms with Crippen LogP contribution >= 0.6 is 11.8 Å². The van der Waals surface area contributed by atoms with Gasteiger partial charge in [0.15, 0.2) is 0 Å². The fourth-order valence-electron chi connectivity index (χ4n) is 1.43. The molecule has 1 atom stereocenters. The standard InChI is InChI=1S/C8H15NOS/c1-2-11-6-7(1)3-9-8-4-10-5-8/h7-9H,1-6H2. The highest BCUT2D eigenvalue weighted by Crippen LogP contribution is 2.22. The first kappa shape index (κ1) is 7.90. The Bertz CT molecular complexity index is 121. The molecule has 2 heterocycles. The highest BCUT2D eigenvalue weighted by molar-refractivity contribution is 7.99. The van der Waals surface area contributed by atoms with Crippen molar-refractivity contribution < 1.29 is 4.74 Å². The minimum Gasteiger partial charge on any atom is -0.378 e. The number of hydrogen-bond acceptors (Lipinski definition) is 3. The molecule has 2 nitrogen and oxygen atoms in total. The van der Waals surface area contributed by atoms with Gasteiger partial charge in [-0.25, -0.2) is 0 Å². The summed E-state index contributed by atoms with van der Waals surface area (Å²) in [6, 6.07) is 0.667. The lowest BCUT2D eigenvalue weighted by Gasteiger charge is -2.28. The predicted molar refractivity (Wildman–Crippen MR) is 48.0 cm³/mol. The Morgan fingerprint density at radius 2 is 2.36 bits per heavy atom. The molecule has 0 spiro atoms. The zero-order valence-corrected chi connectivity index (χ0v) is 7.53. The summed E-state index contributed by atoms with van der Waals surface area (Å²) in [4.78, 5) is 0. The summed E-state index contributed by atoms with van der Waals surface area (Å²) >= 11 is 2.09. The molecular formula is C8H15NOS. The summed E-state index contributed by atoms with van der Waals surface area (Å²) in [5.41, 5.74) is 0. The number of thioether (sulfide) groups is 1. The van der Waals surface area contributed by atoms with Gasteiger partial charge < -0.3 is 10.1 Å². The topological polar surface area (TPSA) is 21.3 Å². The van der Waals surface area contributed by atoms with Crippen molar-refractivity contribution in [1.29, 1.82) is 0 Å². The van der Waals surface area contributed by atoms with Crippen molar-refractivity contribution in [2.75, 3.05) is 31.3 Å². The maximum atomic E-state index is 5.08. The van der Waals surface area contributed by atoms with Crippen molar-refractivity contribution in [2.45, 2.75) is 12.5 Å². The zero-order chi connectivity index (χ0) is 7.52. The number of rotatable bonds is 3. The third-order valence-corrected chi connectivity index (χ3v) is 3.59. The second-order valence-corrected chi connectivity index (χ2v) is 4.52. The Morgan fingerprint density at radius 3 is 2.91 bits per heavy atom. The average Bonchev–Trinajstić information content (AvgIpc) is 2.36. The van der Waals surface area contributed by atoms with Crippen LogP contribution in [0.2, 0.25) is 0 Å². The Labute approximate surface area is 72.1 Å². The van der Waals surface area contributed by atoms with Crippen molar-refractivity contribution in [3.8, 4) is 0 Å². The lowest BCUT2D eigenvalue weighted by molar-refractivity contribution is -0.00610. The molecule has 2 fully saturated rings. The van der Waals surface area contributed by atoms with Crippen LogP contribution in [0.25, 0.3) is 0 Å². The zero-order valence-electron chi connectivity index (χ0n) is 6.71. The van der Waals surface area contributed by atoms with Crippen LogP contribution in [0.3, 0.4) is 0 Å². The van der Waals surface area contributed by atoms with Crippen LogP contribution in [-0.2, 0) is 4.74 Å². The van der Waals surface area contributed by atoms with Gasteiger partial charge in [0.25, 0.3) is 0 Å². The molecule has 2 aliphatic rings. The van der Waals surface area contributed by atoms with Gasteiger partial charge in [-0.1, -0.05) is 0 Å². The van der Waals surface area contributed by atoms with Crippen LogP contribution in [0.5, 0.6) is 0 Å². The molecular weight excluding hydrogens is 158 g/mol. The fourth-order valence-corrected chi connectivity index (χ4v) is 2.72. The van der Waals surface area contributed by atoms with Gasteiger partial charge in [0, 0.05) is 0 Å². The first-order valence-corrected chi connectivity index (χ1v) is 5.49. The molecule has 11 heavy (non-hydrogen) atoms. The van der Waals surface area contributed by atoms with E-state index >= 15 is 0 Å². The summed E-state index contributed by atoms with van der Waals surface area (Å²) in [6.07, 6.45) is 1.41. The summed E-state index contributed by atoms with van der Waals surface area (Å²) < 4.78 is 5.08. The molecule has 3 heteroatoms. The molecule has 64 valence electrons. The highest BCUT2D eigenvalue weighted by atomic mass is 32.2. The lowest BCUT2D eigenvalue weighted by Crippen LogP contribution is -2.47. The van der Waals surface area contributed by atoms with Crippen LogP contribution in [0.15, 0.2) is 0 Å². The van der Waals surface area contributed by atoms with E-state index in [1.54, 1.807) is 0 Å². The largest absolute Gasteiger partial charge is 0.378 e. The Kier molecular flexibility index (Phi) is 2.72. The van der Waals surface area contributed by atoms with Crippen molar-refractivity contribution in [3.05, 3.63) is 0 Å². The van der Waals surface area contributed by atoms with Gasteiger partial charge in [0.1, 0.15) is 0 Å². The summed E-state index contributed by atoms with van der Waals surface area (Å²) in [6.45, 7) is 3.07. The molecule has 0 radical (unpaired) electrons. The minimum absolute atomic E-state index is 0.667. The van der Waals surface area contributed by atoms with E-state index in [4.69, 9.17) is 4.74 Å². The Balaban J connectivity index is 1.57. The number of nitrogens with one attached hydrogen (secondary N) is 1. The molecule has 0 aliphatic carbocycles. The predicted octanol–water partition coefficient (Wildman–Crippen LogP) is 0.728.